The molecule has 0 radical (unpaired) electrons. The number of aryl methyl sites for hydroxylation is 3. The normalized spacial score (nSPS) is 15.3. The first-order chi connectivity index (χ1) is 28.1. The first-order valence-corrected chi connectivity index (χ1v) is 20.2. The lowest BCUT2D eigenvalue weighted by Crippen LogP contribution is -2.40. The van der Waals surface area contributed by atoms with Crippen molar-refractivity contribution in [1.29, 1.82) is 0 Å². The maximum absolute atomic E-state index is 14.0. The second kappa shape index (κ2) is 18.6. The fourth-order valence-corrected chi connectivity index (χ4v) is 7.18. The first-order valence-electron chi connectivity index (χ1n) is 20.2. The van der Waals surface area contributed by atoms with E-state index in [1.807, 2.05) is 22.8 Å². The molecule has 16 heteroatoms. The molecule has 6 heterocycles. The number of alkyl carbamates (subject to hydrolysis) is 1. The monoisotopic (exact) mass is 817 g/mol. The number of piperidine rings is 1. The van der Waals surface area contributed by atoms with E-state index in [1.54, 1.807) is 59.0 Å². The fraction of sp³-hybridized carbons (Fsp3) is 0.488. The van der Waals surface area contributed by atoms with Gasteiger partial charge in [-0.2, -0.15) is 22.8 Å². The van der Waals surface area contributed by atoms with Crippen LogP contribution >= 0.6 is 0 Å². The fourth-order valence-electron chi connectivity index (χ4n) is 7.18. The third-order valence-corrected chi connectivity index (χ3v) is 10.2. The molecule has 1 amide bonds. The highest BCUT2D eigenvalue weighted by Gasteiger charge is 2.33. The quantitative estimate of drug-likeness (QED) is 0.0874. The molecule has 0 aliphatic carbocycles. The van der Waals surface area contributed by atoms with Crippen LogP contribution in [0.25, 0.3) is 16.8 Å². The van der Waals surface area contributed by atoms with Crippen molar-refractivity contribution in [2.24, 2.45) is 0 Å². The Morgan fingerprint density at radius 2 is 1.86 bits per heavy atom. The maximum Gasteiger partial charge on any atom is 0.433 e. The lowest BCUT2D eigenvalue weighted by atomic mass is 9.99. The minimum Gasteiger partial charge on any atom is -0.478 e. The molecule has 0 aromatic carbocycles. The summed E-state index contributed by atoms with van der Waals surface area (Å²) >= 11 is 0. The molecule has 0 saturated carbocycles. The van der Waals surface area contributed by atoms with E-state index < -0.39 is 29.6 Å². The summed E-state index contributed by atoms with van der Waals surface area (Å²) < 4.78 is 55.0. The van der Waals surface area contributed by atoms with Crippen molar-refractivity contribution in [3.63, 3.8) is 0 Å². The number of anilines is 2. The van der Waals surface area contributed by atoms with Crippen molar-refractivity contribution in [1.82, 2.24) is 34.9 Å². The van der Waals surface area contributed by atoms with Gasteiger partial charge in [-0.25, -0.2) is 19.7 Å². The van der Waals surface area contributed by atoms with Gasteiger partial charge in [0.25, 0.3) is 0 Å². The average Bonchev–Trinajstić information content (AvgIpc) is 3.61. The molecule has 1 fully saturated rings. The smallest absolute Gasteiger partial charge is 0.433 e. The van der Waals surface area contributed by atoms with Crippen molar-refractivity contribution < 1.29 is 32.5 Å². The van der Waals surface area contributed by atoms with Gasteiger partial charge in [0.05, 0.1) is 24.5 Å². The molecule has 1 aliphatic heterocycles. The van der Waals surface area contributed by atoms with Crippen molar-refractivity contribution in [3.05, 3.63) is 88.8 Å². The topological polar surface area (TPSA) is 152 Å². The molecule has 316 valence electrons. The summed E-state index contributed by atoms with van der Waals surface area (Å²) in [4.78, 5) is 32.4. The molecule has 1 saturated heterocycles. The molecule has 0 spiro atoms. The molecule has 1 aliphatic rings. The number of halogens is 3. The van der Waals surface area contributed by atoms with E-state index in [-0.39, 0.29) is 31.4 Å². The number of fused-ring (bicyclic) bond motifs is 1. The summed E-state index contributed by atoms with van der Waals surface area (Å²) in [5.41, 5.74) is 3.51. The van der Waals surface area contributed by atoms with Gasteiger partial charge in [0.2, 0.25) is 5.88 Å². The van der Waals surface area contributed by atoms with Crippen molar-refractivity contribution in [3.8, 4) is 17.0 Å². The van der Waals surface area contributed by atoms with E-state index in [0.717, 1.165) is 66.7 Å². The van der Waals surface area contributed by atoms with Gasteiger partial charge in [0.1, 0.15) is 22.9 Å². The van der Waals surface area contributed by atoms with Crippen LogP contribution in [-0.2, 0) is 30.3 Å². The Kier molecular flexibility index (Phi) is 13.6. The zero-order valence-electron chi connectivity index (χ0n) is 34.6. The zero-order chi connectivity index (χ0) is 42.3. The number of hydrogen-bond acceptors (Lipinski definition) is 11. The van der Waals surface area contributed by atoms with Crippen LogP contribution in [-0.4, -0.2) is 72.2 Å². The number of pyridine rings is 3. The Labute approximate surface area is 342 Å². The second-order valence-electron chi connectivity index (χ2n) is 15.9. The number of nitrogens with zero attached hydrogens (tertiary/aromatic N) is 7. The number of ether oxygens (including phenoxy) is 2. The van der Waals surface area contributed by atoms with E-state index in [4.69, 9.17) is 14.5 Å². The van der Waals surface area contributed by atoms with Gasteiger partial charge in [0, 0.05) is 67.1 Å². The Balaban J connectivity index is 1.07. The number of aliphatic hydroxyl groups excluding tert-OH is 1. The minimum absolute atomic E-state index is 0.135. The van der Waals surface area contributed by atoms with Crippen molar-refractivity contribution >= 4 is 23.4 Å². The third-order valence-electron chi connectivity index (χ3n) is 10.2. The highest BCUT2D eigenvalue weighted by molar-refractivity contribution is 5.69. The number of carbonyl (C=O) groups excluding carboxylic acids is 1. The molecular formula is C43H54F3N9O4. The van der Waals surface area contributed by atoms with Crippen LogP contribution in [0.1, 0.15) is 107 Å². The van der Waals surface area contributed by atoms with E-state index in [1.165, 1.54) is 6.20 Å². The second-order valence-corrected chi connectivity index (χ2v) is 15.9. The number of aromatic nitrogens is 6. The molecule has 0 unspecified atom stereocenters. The number of alkyl halides is 3. The van der Waals surface area contributed by atoms with E-state index in [0.29, 0.717) is 47.7 Å². The Hall–Kier alpha value is -5.51. The molecule has 0 bridgehead atoms. The first kappa shape index (κ1) is 43.1. The molecule has 59 heavy (non-hydrogen) atoms. The summed E-state index contributed by atoms with van der Waals surface area (Å²) in [5.74, 6) is 2.07. The van der Waals surface area contributed by atoms with Crippen LogP contribution in [0.2, 0.25) is 0 Å². The summed E-state index contributed by atoms with van der Waals surface area (Å²) in [6.45, 7) is 12.6. The van der Waals surface area contributed by atoms with E-state index in [2.05, 4.69) is 42.5 Å². The number of rotatable bonds is 15. The summed E-state index contributed by atoms with van der Waals surface area (Å²) in [5, 5.41) is 20.6. The van der Waals surface area contributed by atoms with Crippen LogP contribution in [0.4, 0.5) is 29.6 Å². The van der Waals surface area contributed by atoms with Crippen LogP contribution in [0, 0.1) is 6.92 Å². The Morgan fingerprint density at radius 3 is 2.56 bits per heavy atom. The summed E-state index contributed by atoms with van der Waals surface area (Å²) in [6.07, 6.45) is 5.23. The molecule has 13 nitrogen and oxygen atoms in total. The highest BCUT2D eigenvalue weighted by atomic mass is 19.4. The predicted octanol–water partition coefficient (Wildman–Crippen LogP) is 8.42. The summed E-state index contributed by atoms with van der Waals surface area (Å²) in [7, 11) is 0. The Bertz CT molecular complexity index is 2200. The van der Waals surface area contributed by atoms with Gasteiger partial charge in [-0.1, -0.05) is 13.0 Å². The van der Waals surface area contributed by atoms with Crippen molar-refractivity contribution in [2.45, 2.75) is 117 Å². The summed E-state index contributed by atoms with van der Waals surface area (Å²) in [6, 6.07) is 9.87. The minimum atomic E-state index is -4.64. The standard InChI is InChI=1S/C43H54F3N9O4/c1-7-30-25-50-55-37(22-38(53-40(30)55)54-16-9-8-12-33(54)15-17-56)48-23-29-13-14-39(49-24-29)58-18-10-11-32-20-31(21-36(52-32)43(44,45)46)34-26-47-35(19-27(34)2)28(3)51-41(57)59-42(4,5)6/h13-14,19-22,24-26,28,33,48,56H,7-12,15-18,23H2,1-6H3,(H,51,57)/t28-,33-/m0/s1. The van der Waals surface area contributed by atoms with Crippen molar-refractivity contribution in [2.75, 3.05) is 30.0 Å². The van der Waals surface area contributed by atoms with Gasteiger partial charge < -0.3 is 30.1 Å². The van der Waals surface area contributed by atoms with Crippen LogP contribution in [0.5, 0.6) is 5.88 Å². The maximum atomic E-state index is 14.0. The van der Waals surface area contributed by atoms with Crippen LogP contribution in [0.3, 0.4) is 0 Å². The van der Waals surface area contributed by atoms with Crippen LogP contribution in [0.15, 0.2) is 55.0 Å². The van der Waals surface area contributed by atoms with Gasteiger partial charge in [-0.15, -0.1) is 0 Å². The van der Waals surface area contributed by atoms with Gasteiger partial charge in [0.15, 0.2) is 5.65 Å². The number of aliphatic hydroxyl groups is 1. The molecule has 6 rings (SSSR count). The lowest BCUT2D eigenvalue weighted by molar-refractivity contribution is -0.141. The van der Waals surface area contributed by atoms with Gasteiger partial charge in [-0.3, -0.25) is 4.98 Å². The van der Waals surface area contributed by atoms with E-state index >= 15 is 0 Å². The predicted molar refractivity (Wildman–Crippen MR) is 219 cm³/mol. The lowest BCUT2D eigenvalue weighted by Gasteiger charge is -2.36. The third kappa shape index (κ3) is 11.2. The molecule has 3 N–H and O–H groups in total. The van der Waals surface area contributed by atoms with Gasteiger partial charge in [-0.05, 0) is 114 Å². The zero-order valence-corrected chi connectivity index (χ0v) is 34.6. The average molecular weight is 818 g/mol. The number of nitrogens with one attached hydrogen (secondary N) is 2. The molecule has 5 aromatic rings. The number of amides is 1. The largest absolute Gasteiger partial charge is 0.478 e. The SMILES string of the molecule is CCc1cnn2c(NCc3ccc(OCCCc4cc(-c5cnc([C@H](C)NC(=O)OC(C)(C)C)cc5C)cc(C(F)(F)F)n4)nc3)cc(N3CCCC[C@H]3CCO)nc12. The van der Waals surface area contributed by atoms with E-state index in [9.17, 15) is 23.1 Å². The highest BCUT2D eigenvalue weighted by Crippen LogP contribution is 2.34. The molecule has 2 atom stereocenters. The van der Waals surface area contributed by atoms with Gasteiger partial charge >= 0.3 is 12.3 Å². The molecular weight excluding hydrogens is 764 g/mol. The van der Waals surface area contributed by atoms with Crippen LogP contribution < -0.4 is 20.3 Å². The molecule has 5 aromatic heterocycles. The number of carbonyl (C=O) groups is 1. The number of hydrogen-bond donors (Lipinski definition) is 3. The Morgan fingerprint density at radius 1 is 1.05 bits per heavy atom.